The molecule has 10 heteroatoms. The number of rotatable bonds is 9. The molecule has 9 nitrogen and oxygen atoms in total. The third-order valence-electron chi connectivity index (χ3n) is 4.60. The molecular weight excluding hydrogens is 410 g/mol. The summed E-state index contributed by atoms with van der Waals surface area (Å²) < 4.78 is 31.1. The Hall–Kier alpha value is -3.14. The summed E-state index contributed by atoms with van der Waals surface area (Å²) in [5, 5.41) is 13.9. The van der Waals surface area contributed by atoms with E-state index in [1.165, 1.54) is 18.2 Å². The summed E-state index contributed by atoms with van der Waals surface area (Å²) in [5.74, 6) is 0.176. The maximum absolute atomic E-state index is 13.0. The van der Waals surface area contributed by atoms with Gasteiger partial charge in [-0.2, -0.15) is 0 Å². The molecule has 0 spiro atoms. The summed E-state index contributed by atoms with van der Waals surface area (Å²) in [6.45, 7) is 3.46. The summed E-state index contributed by atoms with van der Waals surface area (Å²) in [6.07, 6.45) is 1.14. The number of hydrogen-bond donors (Lipinski definition) is 1. The highest BCUT2D eigenvalue weighted by molar-refractivity contribution is 7.92. The molecule has 2 aromatic rings. The van der Waals surface area contributed by atoms with E-state index in [9.17, 15) is 23.3 Å². The van der Waals surface area contributed by atoms with Gasteiger partial charge in [-0.3, -0.25) is 19.2 Å². The van der Waals surface area contributed by atoms with Gasteiger partial charge in [0.25, 0.3) is 5.69 Å². The molecule has 2 aromatic carbocycles. The smallest absolute Gasteiger partial charge is 0.271 e. The Bertz CT molecular complexity index is 1010. The number of anilines is 1. The molecule has 2 rings (SSSR count). The molecule has 0 unspecified atom stereocenters. The molecule has 0 saturated heterocycles. The molecule has 1 amide bonds. The standard InChI is InChI=1S/C20H25N3O6S/c1-5-19(20(24)21-14(2)15-9-11-18(29-3)12-10-15)22(30(4,27)28)16-7-6-8-17(13-16)23(25)26/h6-14,19H,5H2,1-4H3,(H,21,24)/t14-,19-/m0/s1. The first-order valence-electron chi connectivity index (χ1n) is 9.26. The number of carbonyl (C=O) groups excluding carboxylic acids is 1. The van der Waals surface area contributed by atoms with Crippen LogP contribution in [0.25, 0.3) is 0 Å². The number of non-ortho nitro benzene ring substituents is 1. The van der Waals surface area contributed by atoms with Crippen molar-refractivity contribution in [3.63, 3.8) is 0 Å². The molecule has 30 heavy (non-hydrogen) atoms. The van der Waals surface area contributed by atoms with Crippen LogP contribution in [0.4, 0.5) is 11.4 Å². The summed E-state index contributed by atoms with van der Waals surface area (Å²) in [4.78, 5) is 23.5. The van der Waals surface area contributed by atoms with E-state index < -0.39 is 26.9 Å². The topological polar surface area (TPSA) is 119 Å². The van der Waals surface area contributed by atoms with Gasteiger partial charge in [-0.25, -0.2) is 8.42 Å². The molecule has 0 aliphatic rings. The minimum absolute atomic E-state index is 0.0609. The summed E-state index contributed by atoms with van der Waals surface area (Å²) in [7, 11) is -2.34. The first-order chi connectivity index (χ1) is 14.1. The number of nitro benzene ring substituents is 1. The van der Waals surface area contributed by atoms with E-state index >= 15 is 0 Å². The van der Waals surface area contributed by atoms with Gasteiger partial charge in [0.1, 0.15) is 11.8 Å². The number of carbonyl (C=O) groups is 1. The Morgan fingerprint density at radius 2 is 1.87 bits per heavy atom. The van der Waals surface area contributed by atoms with Crippen molar-refractivity contribution in [2.75, 3.05) is 17.7 Å². The molecule has 0 saturated carbocycles. The number of amides is 1. The molecule has 1 N–H and O–H groups in total. The largest absolute Gasteiger partial charge is 0.497 e. The maximum Gasteiger partial charge on any atom is 0.271 e. The second-order valence-electron chi connectivity index (χ2n) is 6.76. The lowest BCUT2D eigenvalue weighted by molar-refractivity contribution is -0.384. The number of nitro groups is 1. The van der Waals surface area contributed by atoms with Crippen molar-refractivity contribution in [1.82, 2.24) is 5.32 Å². The highest BCUT2D eigenvalue weighted by Gasteiger charge is 2.32. The van der Waals surface area contributed by atoms with E-state index in [0.717, 1.165) is 22.2 Å². The molecule has 0 bridgehead atoms. The van der Waals surface area contributed by atoms with Gasteiger partial charge in [0.15, 0.2) is 0 Å². The number of nitrogens with zero attached hydrogens (tertiary/aromatic N) is 2. The second kappa shape index (κ2) is 9.57. The van der Waals surface area contributed by atoms with Gasteiger partial charge in [0.05, 0.1) is 30.0 Å². The third kappa shape index (κ3) is 5.47. The molecule has 0 aromatic heterocycles. The predicted molar refractivity (Wildman–Crippen MR) is 114 cm³/mol. The third-order valence-corrected chi connectivity index (χ3v) is 5.78. The van der Waals surface area contributed by atoms with E-state index in [1.54, 1.807) is 45.2 Å². The van der Waals surface area contributed by atoms with Crippen molar-refractivity contribution in [3.8, 4) is 5.75 Å². The van der Waals surface area contributed by atoms with Gasteiger partial charge in [-0.05, 0) is 37.1 Å². The SMILES string of the molecule is CC[C@@H](C(=O)N[C@@H](C)c1ccc(OC)cc1)N(c1cccc([N+](=O)[O-])c1)S(C)(=O)=O. The zero-order valence-electron chi connectivity index (χ0n) is 17.2. The Labute approximate surface area is 175 Å². The van der Waals surface area contributed by atoms with Crippen LogP contribution in [0, 0.1) is 10.1 Å². The van der Waals surface area contributed by atoms with Gasteiger partial charge in [0.2, 0.25) is 15.9 Å². The highest BCUT2D eigenvalue weighted by atomic mass is 32.2. The molecule has 0 aliphatic heterocycles. The maximum atomic E-state index is 13.0. The second-order valence-corrected chi connectivity index (χ2v) is 8.62. The number of ether oxygens (including phenoxy) is 1. The fourth-order valence-corrected chi connectivity index (χ4v) is 4.29. The average Bonchev–Trinajstić information content (AvgIpc) is 2.70. The van der Waals surface area contributed by atoms with Crippen LogP contribution < -0.4 is 14.4 Å². The molecule has 2 atom stereocenters. The van der Waals surface area contributed by atoms with Gasteiger partial charge in [0, 0.05) is 12.1 Å². The number of benzene rings is 2. The minimum Gasteiger partial charge on any atom is -0.497 e. The highest BCUT2D eigenvalue weighted by Crippen LogP contribution is 2.27. The number of nitrogens with one attached hydrogen (secondary N) is 1. The molecular formula is C20H25N3O6S. The lowest BCUT2D eigenvalue weighted by Crippen LogP contribution is -2.49. The Morgan fingerprint density at radius 1 is 1.23 bits per heavy atom. The van der Waals surface area contributed by atoms with E-state index in [4.69, 9.17) is 4.74 Å². The van der Waals surface area contributed by atoms with Crippen LogP contribution in [0.2, 0.25) is 0 Å². The Balaban J connectivity index is 2.33. The first-order valence-corrected chi connectivity index (χ1v) is 11.1. The first kappa shape index (κ1) is 23.1. The summed E-state index contributed by atoms with van der Waals surface area (Å²) in [5.41, 5.74) is 0.620. The Morgan fingerprint density at radius 3 is 2.37 bits per heavy atom. The van der Waals surface area contributed by atoms with Crippen LogP contribution in [0.3, 0.4) is 0 Å². The molecule has 0 radical (unpaired) electrons. The fourth-order valence-electron chi connectivity index (χ4n) is 3.09. The minimum atomic E-state index is -3.89. The normalized spacial score (nSPS) is 13.2. The number of sulfonamides is 1. The van der Waals surface area contributed by atoms with E-state index in [1.807, 2.05) is 0 Å². The van der Waals surface area contributed by atoms with Crippen LogP contribution in [0.15, 0.2) is 48.5 Å². The molecule has 162 valence electrons. The Kier molecular flexibility index (Phi) is 7.38. The van der Waals surface area contributed by atoms with Crippen LogP contribution in [-0.2, 0) is 14.8 Å². The van der Waals surface area contributed by atoms with Crippen molar-refractivity contribution < 1.29 is 22.9 Å². The molecule has 0 aliphatic carbocycles. The predicted octanol–water partition coefficient (Wildman–Crippen LogP) is 3.03. The van der Waals surface area contributed by atoms with Crippen molar-refractivity contribution in [3.05, 3.63) is 64.2 Å². The quantitative estimate of drug-likeness (QED) is 0.478. The zero-order valence-corrected chi connectivity index (χ0v) is 18.0. The van der Waals surface area contributed by atoms with Crippen molar-refractivity contribution >= 4 is 27.3 Å². The number of methoxy groups -OCH3 is 1. The van der Waals surface area contributed by atoms with Crippen LogP contribution >= 0.6 is 0 Å². The summed E-state index contributed by atoms with van der Waals surface area (Å²) >= 11 is 0. The van der Waals surface area contributed by atoms with E-state index in [0.29, 0.717) is 5.75 Å². The van der Waals surface area contributed by atoms with Gasteiger partial charge >= 0.3 is 0 Å². The summed E-state index contributed by atoms with van der Waals surface area (Å²) in [6, 6.07) is 10.9. The monoisotopic (exact) mass is 435 g/mol. The van der Waals surface area contributed by atoms with Crippen LogP contribution in [0.1, 0.15) is 31.9 Å². The van der Waals surface area contributed by atoms with E-state index in [2.05, 4.69) is 5.32 Å². The number of hydrogen-bond acceptors (Lipinski definition) is 6. The van der Waals surface area contributed by atoms with Crippen molar-refractivity contribution in [1.29, 1.82) is 0 Å². The van der Waals surface area contributed by atoms with Gasteiger partial charge < -0.3 is 10.1 Å². The zero-order chi connectivity index (χ0) is 22.5. The fraction of sp³-hybridized carbons (Fsp3) is 0.350. The lowest BCUT2D eigenvalue weighted by Gasteiger charge is -2.31. The van der Waals surface area contributed by atoms with Crippen molar-refractivity contribution in [2.24, 2.45) is 0 Å². The van der Waals surface area contributed by atoms with E-state index in [-0.39, 0.29) is 23.8 Å². The molecule has 0 heterocycles. The van der Waals surface area contributed by atoms with Gasteiger partial charge in [-0.15, -0.1) is 0 Å². The van der Waals surface area contributed by atoms with Gasteiger partial charge in [-0.1, -0.05) is 25.1 Å². The van der Waals surface area contributed by atoms with Crippen LogP contribution in [0.5, 0.6) is 5.75 Å². The lowest BCUT2D eigenvalue weighted by atomic mass is 10.1. The average molecular weight is 436 g/mol. The van der Waals surface area contributed by atoms with Crippen molar-refractivity contribution in [2.45, 2.75) is 32.4 Å². The van der Waals surface area contributed by atoms with Crippen LogP contribution in [-0.4, -0.2) is 38.7 Å². The molecule has 0 fully saturated rings.